The predicted octanol–water partition coefficient (Wildman–Crippen LogP) is 7.32. The van der Waals surface area contributed by atoms with Gasteiger partial charge in [-0.05, 0) is 66.0 Å². The smallest absolute Gasteiger partial charge is 0.0991 e. The van der Waals surface area contributed by atoms with Gasteiger partial charge < -0.3 is 0 Å². The summed E-state index contributed by atoms with van der Waals surface area (Å²) in [5.41, 5.74) is 0.696. The highest BCUT2D eigenvalue weighted by molar-refractivity contribution is 6.32. The number of hydrogen-bond donors (Lipinski definition) is 0. The molecular weight excluding hydrogens is 338 g/mol. The molecule has 0 atom stereocenters. The molecule has 0 N–H and O–H groups in total. The maximum atomic E-state index is 9.45. The Morgan fingerprint density at radius 2 is 0.964 bits per heavy atom. The molecule has 1 nitrogen and oxygen atoms in total. The van der Waals surface area contributed by atoms with Crippen LogP contribution in [0.3, 0.4) is 0 Å². The fraction of sp³-hybridized carbons (Fsp3) is 0. The van der Waals surface area contributed by atoms with Crippen molar-refractivity contribution in [3.8, 4) is 6.07 Å². The van der Waals surface area contributed by atoms with Crippen LogP contribution in [0.5, 0.6) is 0 Å². The Hall–Kier alpha value is -3.89. The SMILES string of the molecule is N#Cc1ccc2ccc3ccc4ccc5ccc6ccccc6c5c4c3c2c1. The van der Waals surface area contributed by atoms with Crippen LogP contribution in [0, 0.1) is 11.3 Å². The zero-order valence-corrected chi connectivity index (χ0v) is 15.1. The quantitative estimate of drug-likeness (QED) is 0.262. The van der Waals surface area contributed by atoms with E-state index in [1.807, 2.05) is 12.1 Å². The summed E-state index contributed by atoms with van der Waals surface area (Å²) in [5, 5.41) is 21.7. The Balaban J connectivity index is 2.00. The number of nitrogens with zero attached hydrogens (tertiary/aromatic N) is 1. The van der Waals surface area contributed by atoms with Crippen LogP contribution in [-0.2, 0) is 0 Å². The molecule has 28 heavy (non-hydrogen) atoms. The summed E-state index contributed by atoms with van der Waals surface area (Å²) in [5.74, 6) is 0. The fourth-order valence-electron chi connectivity index (χ4n) is 4.53. The van der Waals surface area contributed by atoms with Crippen molar-refractivity contribution in [1.29, 1.82) is 5.26 Å². The first-order valence-electron chi connectivity index (χ1n) is 9.43. The fourth-order valence-corrected chi connectivity index (χ4v) is 4.53. The third kappa shape index (κ3) is 2.00. The average molecular weight is 353 g/mol. The third-order valence-corrected chi connectivity index (χ3v) is 5.82. The van der Waals surface area contributed by atoms with Crippen molar-refractivity contribution in [3.63, 3.8) is 0 Å². The lowest BCUT2D eigenvalue weighted by molar-refractivity contribution is 1.50. The summed E-state index contributed by atoms with van der Waals surface area (Å²) >= 11 is 0. The van der Waals surface area contributed by atoms with Gasteiger partial charge in [0.15, 0.2) is 0 Å². The largest absolute Gasteiger partial charge is 0.192 e. The Labute approximate surface area is 162 Å². The molecule has 0 radical (unpaired) electrons. The number of hydrogen-bond acceptors (Lipinski definition) is 1. The molecule has 0 unspecified atom stereocenters. The van der Waals surface area contributed by atoms with E-state index in [0.29, 0.717) is 5.56 Å². The minimum Gasteiger partial charge on any atom is -0.192 e. The summed E-state index contributed by atoms with van der Waals surface area (Å²) < 4.78 is 0. The number of rotatable bonds is 0. The van der Waals surface area contributed by atoms with Gasteiger partial charge in [0.25, 0.3) is 0 Å². The summed E-state index contributed by atoms with van der Waals surface area (Å²) in [6, 6.07) is 34.4. The number of benzene rings is 6. The van der Waals surface area contributed by atoms with Gasteiger partial charge >= 0.3 is 0 Å². The Morgan fingerprint density at radius 3 is 1.64 bits per heavy atom. The minimum atomic E-state index is 0.696. The lowest BCUT2D eigenvalue weighted by atomic mass is 9.90. The van der Waals surface area contributed by atoms with Crippen molar-refractivity contribution in [2.75, 3.05) is 0 Å². The van der Waals surface area contributed by atoms with Gasteiger partial charge in [-0.15, -0.1) is 0 Å². The maximum absolute atomic E-state index is 9.45. The van der Waals surface area contributed by atoms with E-state index in [1.54, 1.807) is 0 Å². The summed E-state index contributed by atoms with van der Waals surface area (Å²) in [4.78, 5) is 0. The summed E-state index contributed by atoms with van der Waals surface area (Å²) in [6.45, 7) is 0. The number of fused-ring (bicyclic) bond motifs is 9. The van der Waals surface area contributed by atoms with Crippen LogP contribution in [0.15, 0.2) is 91.0 Å². The molecular formula is C27H15N. The van der Waals surface area contributed by atoms with E-state index in [2.05, 4.69) is 84.9 Å². The molecule has 0 fully saturated rings. The molecule has 1 heteroatoms. The standard InChI is InChI=1S/C27H15N/c28-16-17-5-6-19-8-10-21-12-14-22-13-11-20-9-7-18-3-1-2-4-23(18)25(20)27(22)26(21)24(19)15-17/h1-15H. The van der Waals surface area contributed by atoms with Gasteiger partial charge in [0, 0.05) is 0 Å². The van der Waals surface area contributed by atoms with E-state index in [0.717, 1.165) is 10.8 Å². The van der Waals surface area contributed by atoms with Gasteiger partial charge in [-0.1, -0.05) is 78.9 Å². The average Bonchev–Trinajstić information content (AvgIpc) is 2.77. The van der Waals surface area contributed by atoms with E-state index < -0.39 is 0 Å². The van der Waals surface area contributed by atoms with Crippen LogP contribution in [0.4, 0.5) is 0 Å². The van der Waals surface area contributed by atoms with Crippen molar-refractivity contribution in [3.05, 3.63) is 96.6 Å². The van der Waals surface area contributed by atoms with Crippen LogP contribution in [0.1, 0.15) is 5.56 Å². The zero-order chi connectivity index (χ0) is 18.7. The van der Waals surface area contributed by atoms with Gasteiger partial charge in [-0.25, -0.2) is 0 Å². The molecule has 0 saturated heterocycles. The molecule has 0 aliphatic heterocycles. The van der Waals surface area contributed by atoms with Gasteiger partial charge in [-0.3, -0.25) is 0 Å². The topological polar surface area (TPSA) is 23.8 Å². The van der Waals surface area contributed by atoms with Crippen LogP contribution in [-0.4, -0.2) is 0 Å². The highest BCUT2D eigenvalue weighted by Crippen LogP contribution is 2.39. The van der Waals surface area contributed by atoms with E-state index in [4.69, 9.17) is 0 Å². The second-order valence-corrected chi connectivity index (χ2v) is 7.33. The van der Waals surface area contributed by atoms with Crippen molar-refractivity contribution in [2.45, 2.75) is 0 Å². The van der Waals surface area contributed by atoms with Crippen LogP contribution in [0.2, 0.25) is 0 Å². The molecule has 6 aromatic rings. The van der Waals surface area contributed by atoms with E-state index >= 15 is 0 Å². The molecule has 6 rings (SSSR count). The normalized spacial score (nSPS) is 11.5. The monoisotopic (exact) mass is 353 g/mol. The van der Waals surface area contributed by atoms with E-state index in [-0.39, 0.29) is 0 Å². The molecule has 0 heterocycles. The molecule has 6 aromatic carbocycles. The highest BCUT2D eigenvalue weighted by Gasteiger charge is 2.11. The van der Waals surface area contributed by atoms with Gasteiger partial charge in [-0.2, -0.15) is 5.26 Å². The molecule has 0 aliphatic rings. The van der Waals surface area contributed by atoms with Crippen molar-refractivity contribution < 1.29 is 0 Å². The molecule has 0 spiro atoms. The van der Waals surface area contributed by atoms with Crippen molar-refractivity contribution in [2.24, 2.45) is 0 Å². The second kappa shape index (κ2) is 5.55. The summed E-state index contributed by atoms with van der Waals surface area (Å²) in [7, 11) is 0. The Bertz CT molecular complexity index is 1600. The molecule has 0 bridgehead atoms. The summed E-state index contributed by atoms with van der Waals surface area (Å²) in [6.07, 6.45) is 0. The van der Waals surface area contributed by atoms with Crippen molar-refractivity contribution in [1.82, 2.24) is 0 Å². The van der Waals surface area contributed by atoms with Crippen LogP contribution in [0.25, 0.3) is 53.9 Å². The Kier molecular flexibility index (Phi) is 3.01. The zero-order valence-electron chi connectivity index (χ0n) is 15.1. The molecule has 0 amide bonds. The second-order valence-electron chi connectivity index (χ2n) is 7.33. The molecule has 0 aliphatic carbocycles. The van der Waals surface area contributed by atoms with Gasteiger partial charge in [0.05, 0.1) is 11.6 Å². The minimum absolute atomic E-state index is 0.696. The first kappa shape index (κ1) is 15.2. The van der Waals surface area contributed by atoms with E-state index in [1.165, 1.54) is 43.1 Å². The van der Waals surface area contributed by atoms with Gasteiger partial charge in [0.1, 0.15) is 0 Å². The van der Waals surface area contributed by atoms with Crippen LogP contribution >= 0.6 is 0 Å². The first-order valence-corrected chi connectivity index (χ1v) is 9.43. The highest BCUT2D eigenvalue weighted by atomic mass is 14.2. The van der Waals surface area contributed by atoms with Gasteiger partial charge in [0.2, 0.25) is 0 Å². The number of nitriles is 1. The van der Waals surface area contributed by atoms with Crippen molar-refractivity contribution >= 4 is 53.9 Å². The molecule has 128 valence electrons. The third-order valence-electron chi connectivity index (χ3n) is 5.82. The first-order chi connectivity index (χ1) is 13.8. The van der Waals surface area contributed by atoms with Crippen LogP contribution < -0.4 is 0 Å². The maximum Gasteiger partial charge on any atom is 0.0991 e. The lowest BCUT2D eigenvalue weighted by Gasteiger charge is -2.13. The lowest BCUT2D eigenvalue weighted by Crippen LogP contribution is -1.86. The molecule has 0 saturated carbocycles. The Morgan fingerprint density at radius 1 is 0.464 bits per heavy atom. The predicted molar refractivity (Wildman–Crippen MR) is 119 cm³/mol. The van der Waals surface area contributed by atoms with E-state index in [9.17, 15) is 5.26 Å². The molecule has 0 aromatic heterocycles.